The fourth-order valence-corrected chi connectivity index (χ4v) is 4.47. The van der Waals surface area contributed by atoms with E-state index in [2.05, 4.69) is 4.90 Å². The summed E-state index contributed by atoms with van der Waals surface area (Å²) in [7, 11) is 3.10. The number of methoxy groups -OCH3 is 2. The summed E-state index contributed by atoms with van der Waals surface area (Å²) in [5.74, 6) is 0.117. The van der Waals surface area contributed by atoms with Crippen LogP contribution in [0.2, 0.25) is 5.02 Å². The molecule has 2 aromatic rings. The van der Waals surface area contributed by atoms with Gasteiger partial charge in [-0.25, -0.2) is 0 Å². The molecule has 2 aliphatic rings. The molecule has 2 aliphatic heterocycles. The zero-order valence-electron chi connectivity index (χ0n) is 17.5. The second-order valence-corrected chi connectivity index (χ2v) is 8.01. The van der Waals surface area contributed by atoms with Crippen molar-refractivity contribution < 1.29 is 23.8 Å². The van der Waals surface area contributed by atoms with Gasteiger partial charge in [0.25, 0.3) is 0 Å². The smallest absolute Gasteiger partial charge is 0.307 e. The molecule has 164 valence electrons. The van der Waals surface area contributed by atoms with Gasteiger partial charge in [-0.1, -0.05) is 29.8 Å². The lowest BCUT2D eigenvalue weighted by Crippen LogP contribution is -2.50. The van der Waals surface area contributed by atoms with Crippen LogP contribution in [0.15, 0.2) is 42.5 Å². The Morgan fingerprint density at radius 2 is 1.74 bits per heavy atom. The number of hydrogen-bond donors (Lipinski definition) is 0. The van der Waals surface area contributed by atoms with Crippen LogP contribution in [0.4, 0.5) is 5.69 Å². The van der Waals surface area contributed by atoms with Crippen molar-refractivity contribution in [2.45, 2.75) is 12.5 Å². The third kappa shape index (κ3) is 4.28. The lowest BCUT2D eigenvalue weighted by molar-refractivity contribution is -0.142. The first-order valence-corrected chi connectivity index (χ1v) is 10.6. The fourth-order valence-electron chi connectivity index (χ4n) is 4.22. The number of carbonyl (C=O) groups excluding carboxylic acids is 2. The molecule has 8 heteroatoms. The molecule has 0 N–H and O–H groups in total. The van der Waals surface area contributed by atoms with E-state index < -0.39 is 12.0 Å². The molecule has 31 heavy (non-hydrogen) atoms. The predicted molar refractivity (Wildman–Crippen MR) is 117 cm³/mol. The lowest BCUT2D eigenvalue weighted by Gasteiger charge is -2.37. The summed E-state index contributed by atoms with van der Waals surface area (Å²) >= 11 is 6.31. The number of amides is 1. The van der Waals surface area contributed by atoms with Crippen LogP contribution >= 0.6 is 11.6 Å². The minimum absolute atomic E-state index is 0.0653. The Kier molecular flexibility index (Phi) is 6.23. The maximum absolute atomic E-state index is 13.3. The van der Waals surface area contributed by atoms with E-state index in [4.69, 9.17) is 25.8 Å². The van der Waals surface area contributed by atoms with Gasteiger partial charge in [-0.3, -0.25) is 9.59 Å². The molecule has 0 aromatic heterocycles. The van der Waals surface area contributed by atoms with Crippen molar-refractivity contribution in [3.05, 3.63) is 53.1 Å². The lowest BCUT2D eigenvalue weighted by atomic mass is 9.93. The van der Waals surface area contributed by atoms with Crippen LogP contribution in [0.1, 0.15) is 18.1 Å². The molecular weight excluding hydrogens is 420 g/mol. The number of anilines is 1. The number of ether oxygens (including phenoxy) is 3. The van der Waals surface area contributed by atoms with Gasteiger partial charge in [-0.2, -0.15) is 0 Å². The van der Waals surface area contributed by atoms with Crippen molar-refractivity contribution in [2.24, 2.45) is 5.92 Å². The molecule has 0 aliphatic carbocycles. The predicted octanol–water partition coefficient (Wildman–Crippen LogP) is 3.31. The fraction of sp³-hybridized carbons (Fsp3) is 0.391. The summed E-state index contributed by atoms with van der Waals surface area (Å²) in [6.07, 6.45) is -0.566. The molecule has 0 spiro atoms. The highest BCUT2D eigenvalue weighted by atomic mass is 35.5. The molecule has 2 atom stereocenters. The average Bonchev–Trinajstić information content (AvgIpc) is 3.20. The number of hydrogen-bond acceptors (Lipinski definition) is 6. The molecule has 7 nitrogen and oxygen atoms in total. The number of piperazine rings is 1. The number of para-hydroxylation sites is 1. The van der Waals surface area contributed by atoms with E-state index in [1.165, 1.54) is 0 Å². The zero-order chi connectivity index (χ0) is 22.0. The van der Waals surface area contributed by atoms with Crippen LogP contribution in [0.25, 0.3) is 0 Å². The van der Waals surface area contributed by atoms with Crippen LogP contribution in [-0.4, -0.2) is 57.2 Å². The molecule has 0 unspecified atom stereocenters. The maximum atomic E-state index is 13.3. The Hall–Kier alpha value is -2.93. The maximum Gasteiger partial charge on any atom is 0.307 e. The summed E-state index contributed by atoms with van der Waals surface area (Å²) in [6.45, 7) is 2.48. The quantitative estimate of drug-likeness (QED) is 0.659. The largest absolute Gasteiger partial charge is 0.493 e. The summed E-state index contributed by atoms with van der Waals surface area (Å²) in [5, 5.41) is 0.700. The highest BCUT2D eigenvalue weighted by Crippen LogP contribution is 2.40. The van der Waals surface area contributed by atoms with Gasteiger partial charge in [0, 0.05) is 26.2 Å². The van der Waals surface area contributed by atoms with Gasteiger partial charge < -0.3 is 24.0 Å². The molecule has 0 bridgehead atoms. The topological polar surface area (TPSA) is 68.3 Å². The van der Waals surface area contributed by atoms with E-state index in [0.717, 1.165) is 11.3 Å². The van der Waals surface area contributed by atoms with Gasteiger partial charge in [-0.15, -0.1) is 0 Å². The molecule has 2 aromatic carbocycles. The van der Waals surface area contributed by atoms with Crippen LogP contribution in [-0.2, 0) is 14.3 Å². The zero-order valence-corrected chi connectivity index (χ0v) is 18.3. The highest BCUT2D eigenvalue weighted by Gasteiger charge is 2.43. The first kappa shape index (κ1) is 21.3. The number of nitrogens with zero attached hydrogens (tertiary/aromatic N) is 2. The molecule has 2 fully saturated rings. The van der Waals surface area contributed by atoms with Crippen molar-refractivity contribution >= 4 is 29.2 Å². The third-order valence-electron chi connectivity index (χ3n) is 5.85. The molecule has 2 heterocycles. The van der Waals surface area contributed by atoms with Gasteiger partial charge in [0.05, 0.1) is 37.3 Å². The number of benzene rings is 2. The molecular formula is C23H25ClN2O5. The molecule has 0 radical (unpaired) electrons. The first-order valence-electron chi connectivity index (χ1n) is 10.2. The summed E-state index contributed by atoms with van der Waals surface area (Å²) < 4.78 is 16.2. The van der Waals surface area contributed by atoms with E-state index >= 15 is 0 Å². The van der Waals surface area contributed by atoms with Crippen LogP contribution in [0.3, 0.4) is 0 Å². The number of halogens is 1. The van der Waals surface area contributed by atoms with Gasteiger partial charge in [0.1, 0.15) is 6.10 Å². The second-order valence-electron chi connectivity index (χ2n) is 7.60. The van der Waals surface area contributed by atoms with E-state index in [-0.39, 0.29) is 18.3 Å². The van der Waals surface area contributed by atoms with Crippen LogP contribution < -0.4 is 14.4 Å². The minimum Gasteiger partial charge on any atom is -0.493 e. The standard InChI is InChI=1S/C23H25ClN2O5/c1-29-19-8-7-15(13-20(19)30-2)22-16(14-21(27)31-22)23(28)26-11-9-25(10-12-26)18-6-4-3-5-17(18)24/h3-8,13,16,22H,9-12,14H2,1-2H3/t16-,22-/m1/s1. The Bertz CT molecular complexity index is 974. The normalized spacial score (nSPS) is 21.1. The van der Waals surface area contributed by atoms with Crippen molar-refractivity contribution in [3.8, 4) is 11.5 Å². The Morgan fingerprint density at radius 3 is 2.42 bits per heavy atom. The second kappa shape index (κ2) is 9.06. The van der Waals surface area contributed by atoms with Gasteiger partial charge in [0.2, 0.25) is 5.91 Å². The third-order valence-corrected chi connectivity index (χ3v) is 6.17. The van der Waals surface area contributed by atoms with Gasteiger partial charge >= 0.3 is 5.97 Å². The van der Waals surface area contributed by atoms with E-state index in [1.54, 1.807) is 32.4 Å². The molecule has 0 saturated carbocycles. The molecule has 2 saturated heterocycles. The highest BCUT2D eigenvalue weighted by molar-refractivity contribution is 6.33. The Labute approximate surface area is 186 Å². The van der Waals surface area contributed by atoms with Crippen molar-refractivity contribution in [3.63, 3.8) is 0 Å². The Morgan fingerprint density at radius 1 is 1.03 bits per heavy atom. The summed E-state index contributed by atoms with van der Waals surface area (Å²) in [5.41, 5.74) is 1.69. The minimum atomic E-state index is -0.638. The molecule has 1 amide bonds. The van der Waals surface area contributed by atoms with E-state index in [0.29, 0.717) is 42.7 Å². The van der Waals surface area contributed by atoms with Crippen LogP contribution in [0.5, 0.6) is 11.5 Å². The monoisotopic (exact) mass is 444 g/mol. The van der Waals surface area contributed by atoms with Crippen molar-refractivity contribution in [2.75, 3.05) is 45.3 Å². The molecule has 4 rings (SSSR count). The van der Waals surface area contributed by atoms with E-state index in [9.17, 15) is 9.59 Å². The SMILES string of the molecule is COc1ccc([C@H]2OC(=O)C[C@H]2C(=O)N2CCN(c3ccccc3Cl)CC2)cc1OC. The number of esters is 1. The number of rotatable bonds is 5. The summed E-state index contributed by atoms with van der Waals surface area (Å²) in [6, 6.07) is 13.0. The van der Waals surface area contributed by atoms with E-state index in [1.807, 2.05) is 29.2 Å². The van der Waals surface area contributed by atoms with Crippen LogP contribution in [0, 0.1) is 5.92 Å². The van der Waals surface area contributed by atoms with Gasteiger partial charge in [0.15, 0.2) is 11.5 Å². The van der Waals surface area contributed by atoms with Gasteiger partial charge in [-0.05, 0) is 29.8 Å². The number of cyclic esters (lactones) is 1. The average molecular weight is 445 g/mol. The first-order chi connectivity index (χ1) is 15.0. The van der Waals surface area contributed by atoms with Crippen molar-refractivity contribution in [1.82, 2.24) is 4.90 Å². The van der Waals surface area contributed by atoms with Crippen molar-refractivity contribution in [1.29, 1.82) is 0 Å². The number of carbonyl (C=O) groups is 2. The Balaban J connectivity index is 1.48. The summed E-state index contributed by atoms with van der Waals surface area (Å²) in [4.78, 5) is 29.4.